The molecule has 0 aromatic heterocycles. The number of carbonyl (C=O) groups excluding carboxylic acids is 2. The van der Waals surface area contributed by atoms with E-state index in [2.05, 4.69) is 17.0 Å². The highest BCUT2D eigenvalue weighted by Gasteiger charge is 2.37. The molecule has 1 aromatic rings. The molecule has 2 atom stereocenters. The minimum atomic E-state index is -0.254. The molecule has 2 amide bonds. The predicted octanol–water partition coefficient (Wildman–Crippen LogP) is 1.23. The van der Waals surface area contributed by atoms with Crippen LogP contribution in [0.3, 0.4) is 0 Å². The number of amides is 2. The van der Waals surface area contributed by atoms with Gasteiger partial charge in [0.2, 0.25) is 11.8 Å². The summed E-state index contributed by atoms with van der Waals surface area (Å²) in [6, 6.07) is 10.5. The minimum absolute atomic E-state index is 0.133. The lowest BCUT2D eigenvalue weighted by atomic mass is 9.98. The first kappa shape index (κ1) is 16.0. The first-order valence-electron chi connectivity index (χ1n) is 8.39. The van der Waals surface area contributed by atoms with Gasteiger partial charge in [0, 0.05) is 25.7 Å². The Morgan fingerprint density at radius 2 is 1.91 bits per heavy atom. The summed E-state index contributed by atoms with van der Waals surface area (Å²) in [5.41, 5.74) is 6.60. The van der Waals surface area contributed by atoms with Crippen molar-refractivity contribution < 1.29 is 9.59 Å². The highest BCUT2D eigenvalue weighted by molar-refractivity contribution is 5.80. The van der Waals surface area contributed by atoms with Gasteiger partial charge in [-0.3, -0.25) is 14.5 Å². The highest BCUT2D eigenvalue weighted by atomic mass is 16.2. The molecule has 1 heterocycles. The smallest absolute Gasteiger partial charge is 0.237 e. The maximum atomic E-state index is 12.7. The van der Waals surface area contributed by atoms with Crippen molar-refractivity contribution in [3.05, 3.63) is 35.9 Å². The third-order valence-corrected chi connectivity index (χ3v) is 4.92. The normalized spacial score (nSPS) is 24.6. The SMILES string of the molecule is C[C@@H]1CN(CC(=O)N(Cc2ccccc2)C2CC2)C[C@H]1C(N)=O. The molecule has 1 saturated carbocycles. The van der Waals surface area contributed by atoms with Gasteiger partial charge in [-0.1, -0.05) is 37.3 Å². The third-order valence-electron chi connectivity index (χ3n) is 4.92. The van der Waals surface area contributed by atoms with Crippen molar-refractivity contribution >= 4 is 11.8 Å². The second kappa shape index (κ2) is 6.71. The average Bonchev–Trinajstić information content (AvgIpc) is 3.29. The predicted molar refractivity (Wildman–Crippen MR) is 88.3 cm³/mol. The molecule has 1 saturated heterocycles. The Kier molecular flexibility index (Phi) is 4.66. The van der Waals surface area contributed by atoms with E-state index < -0.39 is 0 Å². The number of benzene rings is 1. The van der Waals surface area contributed by atoms with Gasteiger partial charge in [0.05, 0.1) is 12.5 Å². The van der Waals surface area contributed by atoms with E-state index in [1.807, 2.05) is 30.0 Å². The highest BCUT2D eigenvalue weighted by Crippen LogP contribution is 2.29. The molecule has 0 unspecified atom stereocenters. The molecule has 2 aliphatic rings. The van der Waals surface area contributed by atoms with E-state index in [-0.39, 0.29) is 23.7 Å². The Bertz CT molecular complexity index is 571. The van der Waals surface area contributed by atoms with Crippen molar-refractivity contribution in [3.63, 3.8) is 0 Å². The lowest BCUT2D eigenvalue weighted by Gasteiger charge is -2.25. The molecule has 0 bridgehead atoms. The fraction of sp³-hybridized carbons (Fsp3) is 0.556. The van der Waals surface area contributed by atoms with Crippen LogP contribution < -0.4 is 5.73 Å². The summed E-state index contributed by atoms with van der Waals surface area (Å²) in [5.74, 6) is -0.000413. The van der Waals surface area contributed by atoms with Gasteiger partial charge in [0.25, 0.3) is 0 Å². The fourth-order valence-corrected chi connectivity index (χ4v) is 3.44. The number of hydrogen-bond donors (Lipinski definition) is 1. The monoisotopic (exact) mass is 315 g/mol. The fourth-order valence-electron chi connectivity index (χ4n) is 3.44. The van der Waals surface area contributed by atoms with Gasteiger partial charge in [0.1, 0.15) is 0 Å². The molecule has 1 aliphatic heterocycles. The lowest BCUT2D eigenvalue weighted by Crippen LogP contribution is -2.41. The van der Waals surface area contributed by atoms with E-state index in [1.54, 1.807) is 0 Å². The number of likely N-dealkylation sites (tertiary alicyclic amines) is 1. The lowest BCUT2D eigenvalue weighted by molar-refractivity contribution is -0.133. The zero-order valence-electron chi connectivity index (χ0n) is 13.6. The van der Waals surface area contributed by atoms with Crippen LogP contribution in [0.1, 0.15) is 25.3 Å². The van der Waals surface area contributed by atoms with Crippen LogP contribution in [-0.2, 0) is 16.1 Å². The first-order chi connectivity index (χ1) is 11.0. The van der Waals surface area contributed by atoms with E-state index in [9.17, 15) is 9.59 Å². The van der Waals surface area contributed by atoms with E-state index in [0.29, 0.717) is 25.7 Å². The molecule has 1 aliphatic carbocycles. The molecule has 1 aromatic carbocycles. The number of nitrogens with zero attached hydrogens (tertiary/aromatic N) is 2. The molecule has 3 rings (SSSR count). The third kappa shape index (κ3) is 3.91. The zero-order valence-corrected chi connectivity index (χ0v) is 13.6. The van der Waals surface area contributed by atoms with Gasteiger partial charge < -0.3 is 10.6 Å². The van der Waals surface area contributed by atoms with Crippen molar-refractivity contribution in [1.82, 2.24) is 9.80 Å². The number of rotatable bonds is 6. The first-order valence-corrected chi connectivity index (χ1v) is 8.39. The van der Waals surface area contributed by atoms with Crippen molar-refractivity contribution in [2.24, 2.45) is 17.6 Å². The van der Waals surface area contributed by atoms with Crippen molar-refractivity contribution in [1.29, 1.82) is 0 Å². The Hall–Kier alpha value is -1.88. The van der Waals surface area contributed by atoms with E-state index in [1.165, 1.54) is 0 Å². The quantitative estimate of drug-likeness (QED) is 0.858. The molecule has 0 radical (unpaired) electrons. The second-order valence-corrected chi connectivity index (χ2v) is 6.92. The molecule has 124 valence electrons. The van der Waals surface area contributed by atoms with Crippen LogP contribution in [0.25, 0.3) is 0 Å². The van der Waals surface area contributed by atoms with Crippen molar-refractivity contribution in [3.8, 4) is 0 Å². The molecule has 5 heteroatoms. The topological polar surface area (TPSA) is 66.6 Å². The number of carbonyl (C=O) groups is 2. The summed E-state index contributed by atoms with van der Waals surface area (Å²) in [5, 5.41) is 0. The van der Waals surface area contributed by atoms with E-state index in [0.717, 1.165) is 24.9 Å². The standard InChI is InChI=1S/C18H25N3O2/c1-13-9-20(11-16(13)18(19)23)12-17(22)21(15-7-8-15)10-14-5-3-2-4-6-14/h2-6,13,15-16H,7-12H2,1H3,(H2,19,23)/t13-,16-/m1/s1. The van der Waals surface area contributed by atoms with Crippen molar-refractivity contribution in [2.45, 2.75) is 32.4 Å². The van der Waals surface area contributed by atoms with Crippen molar-refractivity contribution in [2.75, 3.05) is 19.6 Å². The van der Waals surface area contributed by atoms with Crippen LogP contribution in [0.15, 0.2) is 30.3 Å². The van der Waals surface area contributed by atoms with Gasteiger partial charge in [-0.05, 0) is 24.3 Å². The van der Waals surface area contributed by atoms with E-state index in [4.69, 9.17) is 5.73 Å². The van der Waals surface area contributed by atoms with Crippen LogP contribution in [0.4, 0.5) is 0 Å². The molecular formula is C18H25N3O2. The average molecular weight is 315 g/mol. The molecular weight excluding hydrogens is 290 g/mol. The summed E-state index contributed by atoms with van der Waals surface area (Å²) < 4.78 is 0. The summed E-state index contributed by atoms with van der Waals surface area (Å²) in [6.45, 7) is 4.46. The Morgan fingerprint density at radius 1 is 1.22 bits per heavy atom. The van der Waals surface area contributed by atoms with Crippen LogP contribution in [0.5, 0.6) is 0 Å². The van der Waals surface area contributed by atoms with Gasteiger partial charge in [0.15, 0.2) is 0 Å². The van der Waals surface area contributed by atoms with Crippen LogP contribution in [-0.4, -0.2) is 47.3 Å². The van der Waals surface area contributed by atoms with Gasteiger partial charge in [-0.2, -0.15) is 0 Å². The maximum Gasteiger partial charge on any atom is 0.237 e. The second-order valence-electron chi connectivity index (χ2n) is 6.92. The van der Waals surface area contributed by atoms with Gasteiger partial charge >= 0.3 is 0 Å². The number of nitrogens with two attached hydrogens (primary N) is 1. The number of hydrogen-bond acceptors (Lipinski definition) is 3. The summed E-state index contributed by atoms with van der Waals surface area (Å²) in [7, 11) is 0. The molecule has 5 nitrogen and oxygen atoms in total. The molecule has 0 spiro atoms. The Balaban J connectivity index is 1.60. The van der Waals surface area contributed by atoms with Gasteiger partial charge in [-0.15, -0.1) is 0 Å². The summed E-state index contributed by atoms with van der Waals surface area (Å²) in [4.78, 5) is 28.2. The molecule has 23 heavy (non-hydrogen) atoms. The van der Waals surface area contributed by atoms with Crippen LogP contribution in [0, 0.1) is 11.8 Å². The van der Waals surface area contributed by atoms with Gasteiger partial charge in [-0.25, -0.2) is 0 Å². The molecule has 2 fully saturated rings. The maximum absolute atomic E-state index is 12.7. The zero-order chi connectivity index (χ0) is 16.4. The van der Waals surface area contributed by atoms with Crippen LogP contribution >= 0.6 is 0 Å². The van der Waals surface area contributed by atoms with E-state index >= 15 is 0 Å². The number of primary amides is 1. The Morgan fingerprint density at radius 3 is 2.48 bits per heavy atom. The molecule has 2 N–H and O–H groups in total. The minimum Gasteiger partial charge on any atom is -0.369 e. The largest absolute Gasteiger partial charge is 0.369 e. The summed E-state index contributed by atoms with van der Waals surface area (Å²) >= 11 is 0. The Labute approximate surface area is 137 Å². The summed E-state index contributed by atoms with van der Waals surface area (Å²) in [6.07, 6.45) is 2.19. The van der Waals surface area contributed by atoms with Crippen LogP contribution in [0.2, 0.25) is 0 Å².